The van der Waals surface area contributed by atoms with E-state index in [0.717, 1.165) is 27.7 Å². The Balaban J connectivity index is 0.000000339. The molecular formula is C22H18ClF3N2O3. The van der Waals surface area contributed by atoms with Gasteiger partial charge in [0.25, 0.3) is 0 Å². The predicted octanol–water partition coefficient (Wildman–Crippen LogP) is 5.53. The molecule has 0 spiro atoms. The fourth-order valence-corrected chi connectivity index (χ4v) is 3.12. The van der Waals surface area contributed by atoms with Crippen LogP contribution in [0, 0.1) is 0 Å². The number of benzene rings is 2. The third-order valence-electron chi connectivity index (χ3n) is 4.32. The van der Waals surface area contributed by atoms with Crippen LogP contribution in [0.4, 0.5) is 13.2 Å². The summed E-state index contributed by atoms with van der Waals surface area (Å²) >= 11 is 6.39. The number of hydrogen-bond acceptors (Lipinski definition) is 4. The fourth-order valence-electron chi connectivity index (χ4n) is 2.91. The number of ether oxygens (including phenoxy) is 1. The molecule has 2 heterocycles. The van der Waals surface area contributed by atoms with Crippen LogP contribution >= 0.6 is 11.6 Å². The molecule has 0 unspecified atom stereocenters. The first-order valence-corrected chi connectivity index (χ1v) is 9.53. The zero-order chi connectivity index (χ0) is 22.8. The number of carboxylic acids is 1. The lowest BCUT2D eigenvalue weighted by molar-refractivity contribution is -0.192. The highest BCUT2D eigenvalue weighted by atomic mass is 35.5. The molecule has 0 saturated heterocycles. The zero-order valence-corrected chi connectivity index (χ0v) is 17.3. The molecule has 5 nitrogen and oxygen atoms in total. The van der Waals surface area contributed by atoms with Crippen molar-refractivity contribution in [1.82, 2.24) is 4.98 Å². The van der Waals surface area contributed by atoms with Crippen molar-refractivity contribution in [1.29, 1.82) is 0 Å². The number of fused-ring (bicyclic) bond motifs is 2. The molecule has 1 aliphatic rings. The third-order valence-corrected chi connectivity index (χ3v) is 4.62. The van der Waals surface area contributed by atoms with Gasteiger partial charge in [-0.25, -0.2) is 4.79 Å². The highest BCUT2D eigenvalue weighted by Crippen LogP contribution is 2.36. The van der Waals surface area contributed by atoms with E-state index in [4.69, 9.17) is 31.2 Å². The molecule has 162 valence electrons. The van der Waals surface area contributed by atoms with Crippen LogP contribution in [0.1, 0.15) is 25.0 Å². The summed E-state index contributed by atoms with van der Waals surface area (Å²) in [6.07, 6.45) is -3.22. The molecule has 0 aliphatic carbocycles. The zero-order valence-electron chi connectivity index (χ0n) is 16.6. The topological polar surface area (TPSA) is 71.8 Å². The van der Waals surface area contributed by atoms with Gasteiger partial charge in [0.05, 0.1) is 22.8 Å². The van der Waals surface area contributed by atoms with E-state index >= 15 is 0 Å². The van der Waals surface area contributed by atoms with Crippen LogP contribution in [0.3, 0.4) is 0 Å². The summed E-state index contributed by atoms with van der Waals surface area (Å²) in [4.78, 5) is 18.3. The summed E-state index contributed by atoms with van der Waals surface area (Å²) in [6, 6.07) is 15.9. The normalized spacial score (nSPS) is 15.0. The maximum atomic E-state index is 10.6. The maximum absolute atomic E-state index is 10.6. The van der Waals surface area contributed by atoms with Gasteiger partial charge in [0.2, 0.25) is 0 Å². The number of pyridine rings is 1. The fraction of sp³-hybridized carbons (Fsp3) is 0.227. The lowest BCUT2D eigenvalue weighted by Crippen LogP contribution is -2.31. The van der Waals surface area contributed by atoms with E-state index in [-0.39, 0.29) is 0 Å². The molecule has 9 heteroatoms. The first-order chi connectivity index (χ1) is 14.5. The highest BCUT2D eigenvalue weighted by Gasteiger charge is 2.38. The molecule has 0 saturated carbocycles. The molecule has 0 bridgehead atoms. The van der Waals surface area contributed by atoms with Gasteiger partial charge in [0, 0.05) is 22.7 Å². The molecule has 0 atom stereocenters. The smallest absolute Gasteiger partial charge is 0.484 e. The monoisotopic (exact) mass is 450 g/mol. The van der Waals surface area contributed by atoms with Gasteiger partial charge in [-0.2, -0.15) is 13.2 Å². The molecule has 0 amide bonds. The van der Waals surface area contributed by atoms with E-state index in [0.29, 0.717) is 17.3 Å². The van der Waals surface area contributed by atoms with E-state index in [1.54, 1.807) is 0 Å². The average Bonchev–Trinajstić information content (AvgIpc) is 2.83. The Bertz CT molecular complexity index is 1160. The number of rotatable bonds is 1. The molecule has 0 fully saturated rings. The van der Waals surface area contributed by atoms with E-state index in [2.05, 4.69) is 17.1 Å². The van der Waals surface area contributed by atoms with Crippen LogP contribution in [0.15, 0.2) is 59.7 Å². The summed E-state index contributed by atoms with van der Waals surface area (Å²) < 4.78 is 37.9. The molecule has 1 N–H and O–H groups in total. The second-order valence-electron chi connectivity index (χ2n) is 7.36. The van der Waals surface area contributed by atoms with Gasteiger partial charge in [0.1, 0.15) is 11.4 Å². The average molecular weight is 451 g/mol. The van der Waals surface area contributed by atoms with Crippen molar-refractivity contribution in [2.75, 3.05) is 6.54 Å². The van der Waals surface area contributed by atoms with Crippen LogP contribution in [0.25, 0.3) is 10.9 Å². The number of alkyl halides is 3. The Morgan fingerprint density at radius 1 is 1.16 bits per heavy atom. The summed E-state index contributed by atoms with van der Waals surface area (Å²) in [5.41, 5.74) is 3.31. The van der Waals surface area contributed by atoms with Crippen molar-refractivity contribution < 1.29 is 27.8 Å². The predicted molar refractivity (Wildman–Crippen MR) is 112 cm³/mol. The Kier molecular flexibility index (Phi) is 6.22. The third kappa shape index (κ3) is 5.32. The number of nitrogens with zero attached hydrogens (tertiary/aromatic N) is 2. The van der Waals surface area contributed by atoms with Crippen LogP contribution in [0.2, 0.25) is 5.02 Å². The van der Waals surface area contributed by atoms with Crippen molar-refractivity contribution in [3.05, 3.63) is 70.9 Å². The molecule has 31 heavy (non-hydrogen) atoms. The van der Waals surface area contributed by atoms with Crippen LogP contribution < -0.4 is 4.74 Å². The van der Waals surface area contributed by atoms with Crippen molar-refractivity contribution in [3.8, 4) is 5.75 Å². The molecule has 4 rings (SSSR count). The number of carbonyl (C=O) groups is 1. The number of aliphatic carboxylic acids is 1. The summed E-state index contributed by atoms with van der Waals surface area (Å²) in [6.45, 7) is 4.59. The van der Waals surface area contributed by atoms with Gasteiger partial charge in [0.15, 0.2) is 0 Å². The number of hydrogen-bond donors (Lipinski definition) is 1. The number of aliphatic imine (C=N–C) groups is 1. The minimum Gasteiger partial charge on any atom is -0.484 e. The lowest BCUT2D eigenvalue weighted by atomic mass is 10.0. The number of aromatic nitrogens is 1. The van der Waals surface area contributed by atoms with Crippen LogP contribution in [-0.2, 0) is 4.79 Å². The van der Waals surface area contributed by atoms with Gasteiger partial charge >= 0.3 is 12.1 Å². The highest BCUT2D eigenvalue weighted by molar-refractivity contribution is 6.33. The SMILES string of the molecule is CC1(C)CN=C(c2cnc3ccccc3c2)c2cccc(Cl)c2O1.O=C(O)C(F)(F)F. The first kappa shape index (κ1) is 22.6. The van der Waals surface area contributed by atoms with E-state index in [1.807, 2.05) is 56.4 Å². The Morgan fingerprint density at radius 3 is 2.52 bits per heavy atom. The molecule has 1 aliphatic heterocycles. The quantitative estimate of drug-likeness (QED) is 0.529. The van der Waals surface area contributed by atoms with Crippen molar-refractivity contribution >= 4 is 34.2 Å². The molecule has 0 radical (unpaired) electrons. The van der Waals surface area contributed by atoms with E-state index < -0.39 is 17.7 Å². The Morgan fingerprint density at radius 2 is 1.84 bits per heavy atom. The number of carboxylic acid groups (broad SMARTS) is 1. The standard InChI is InChI=1S/C20H17ClN2O.C2HF3O2/c1-20(2)12-23-18(15-7-5-8-16(21)19(15)24-20)14-10-13-6-3-4-9-17(13)22-11-14;3-2(4,5)1(6)7/h3-11H,12H2,1-2H3;(H,6,7). The largest absolute Gasteiger partial charge is 0.490 e. The lowest BCUT2D eigenvalue weighted by Gasteiger charge is -2.24. The number of halogens is 4. The minimum absolute atomic E-state index is 0.411. The van der Waals surface area contributed by atoms with Gasteiger partial charge in [-0.3, -0.25) is 9.98 Å². The Hall–Kier alpha value is -3.13. The van der Waals surface area contributed by atoms with Crippen LogP contribution in [0.5, 0.6) is 5.75 Å². The summed E-state index contributed by atoms with van der Waals surface area (Å²) in [5.74, 6) is -2.07. The van der Waals surface area contributed by atoms with E-state index in [9.17, 15) is 13.2 Å². The van der Waals surface area contributed by atoms with Crippen LogP contribution in [-0.4, -0.2) is 40.1 Å². The molecule has 1 aromatic heterocycles. The van der Waals surface area contributed by atoms with Crippen molar-refractivity contribution in [2.45, 2.75) is 25.6 Å². The van der Waals surface area contributed by atoms with Gasteiger partial charge < -0.3 is 9.84 Å². The molecule has 2 aromatic carbocycles. The second kappa shape index (κ2) is 8.55. The Labute approximate surface area is 181 Å². The number of para-hydroxylation sites is 2. The molecule has 3 aromatic rings. The summed E-state index contributed by atoms with van der Waals surface area (Å²) in [5, 5.41) is 8.81. The maximum Gasteiger partial charge on any atom is 0.490 e. The van der Waals surface area contributed by atoms with Crippen molar-refractivity contribution in [3.63, 3.8) is 0 Å². The second-order valence-corrected chi connectivity index (χ2v) is 7.77. The first-order valence-electron chi connectivity index (χ1n) is 9.15. The minimum atomic E-state index is -5.08. The van der Waals surface area contributed by atoms with Crippen molar-refractivity contribution in [2.24, 2.45) is 4.99 Å². The van der Waals surface area contributed by atoms with Gasteiger partial charge in [-0.15, -0.1) is 0 Å². The molecular weight excluding hydrogens is 433 g/mol. The van der Waals surface area contributed by atoms with E-state index in [1.165, 1.54) is 0 Å². The van der Waals surface area contributed by atoms with Gasteiger partial charge in [-0.1, -0.05) is 35.9 Å². The van der Waals surface area contributed by atoms with Gasteiger partial charge in [-0.05, 0) is 38.1 Å². The summed E-state index contributed by atoms with van der Waals surface area (Å²) in [7, 11) is 0.